The summed E-state index contributed by atoms with van der Waals surface area (Å²) in [7, 11) is 1.92. The number of aromatic nitrogens is 1. The molecule has 0 aliphatic rings. The number of ether oxygens (including phenoxy) is 1. The molecule has 1 N–H and O–H groups in total. The van der Waals surface area contributed by atoms with E-state index in [1.165, 1.54) is 11.1 Å². The number of nitrogens with zero attached hydrogens (tertiary/aromatic N) is 1. The Kier molecular flexibility index (Phi) is 4.74. The van der Waals surface area contributed by atoms with Gasteiger partial charge in [-0.3, -0.25) is 0 Å². The summed E-state index contributed by atoms with van der Waals surface area (Å²) in [6.45, 7) is 7.22. The summed E-state index contributed by atoms with van der Waals surface area (Å²) in [4.78, 5) is 4.36. The summed E-state index contributed by atoms with van der Waals surface area (Å²) in [5.41, 5.74) is 3.54. The molecule has 0 unspecified atom stereocenters. The second-order valence-electron chi connectivity index (χ2n) is 5.33. The van der Waals surface area contributed by atoms with Crippen LogP contribution < -0.4 is 10.1 Å². The first kappa shape index (κ1) is 14.5. The van der Waals surface area contributed by atoms with Gasteiger partial charge in [0.2, 0.25) is 5.88 Å². The van der Waals surface area contributed by atoms with E-state index >= 15 is 0 Å². The van der Waals surface area contributed by atoms with E-state index in [9.17, 15) is 0 Å². The minimum Gasteiger partial charge on any atom is -0.439 e. The van der Waals surface area contributed by atoms with Gasteiger partial charge in [-0.05, 0) is 42.6 Å². The summed E-state index contributed by atoms with van der Waals surface area (Å²) < 4.78 is 5.95. The molecule has 0 atom stereocenters. The van der Waals surface area contributed by atoms with Crippen LogP contribution in [0.4, 0.5) is 0 Å². The SMILES string of the molecule is CNCc1ccc(Oc2cc(C)ccc2C(C)C)nc1. The van der Waals surface area contributed by atoms with Crippen LogP contribution in [0.2, 0.25) is 0 Å². The van der Waals surface area contributed by atoms with Crippen molar-refractivity contribution in [2.75, 3.05) is 7.05 Å². The number of hydrogen-bond donors (Lipinski definition) is 1. The van der Waals surface area contributed by atoms with Crippen molar-refractivity contribution in [2.24, 2.45) is 0 Å². The van der Waals surface area contributed by atoms with E-state index in [-0.39, 0.29) is 0 Å². The van der Waals surface area contributed by atoms with E-state index in [1.54, 1.807) is 0 Å². The van der Waals surface area contributed by atoms with Gasteiger partial charge in [-0.25, -0.2) is 4.98 Å². The van der Waals surface area contributed by atoms with Crippen LogP contribution in [-0.4, -0.2) is 12.0 Å². The molecule has 0 spiro atoms. The summed E-state index contributed by atoms with van der Waals surface area (Å²) in [6, 6.07) is 10.3. The van der Waals surface area contributed by atoms with Crippen molar-refractivity contribution in [1.82, 2.24) is 10.3 Å². The lowest BCUT2D eigenvalue weighted by molar-refractivity contribution is 0.453. The Hall–Kier alpha value is -1.87. The summed E-state index contributed by atoms with van der Waals surface area (Å²) in [5, 5.41) is 3.10. The standard InChI is InChI=1S/C17H22N2O/c1-12(2)15-7-5-13(3)9-16(15)20-17-8-6-14(10-18-4)11-19-17/h5-9,11-12,18H,10H2,1-4H3. The summed E-state index contributed by atoms with van der Waals surface area (Å²) in [6.07, 6.45) is 1.84. The number of pyridine rings is 1. The van der Waals surface area contributed by atoms with Crippen LogP contribution in [0.15, 0.2) is 36.5 Å². The Bertz CT molecular complexity index is 562. The number of rotatable bonds is 5. The van der Waals surface area contributed by atoms with Crippen molar-refractivity contribution in [3.8, 4) is 11.6 Å². The minimum atomic E-state index is 0.425. The molecule has 0 saturated heterocycles. The Balaban J connectivity index is 2.22. The fourth-order valence-corrected chi connectivity index (χ4v) is 2.10. The highest BCUT2D eigenvalue weighted by Crippen LogP contribution is 2.30. The van der Waals surface area contributed by atoms with Gasteiger partial charge in [-0.1, -0.05) is 32.0 Å². The number of benzene rings is 1. The molecule has 0 saturated carbocycles. The minimum absolute atomic E-state index is 0.425. The highest BCUT2D eigenvalue weighted by Gasteiger charge is 2.09. The quantitative estimate of drug-likeness (QED) is 0.891. The normalized spacial score (nSPS) is 10.8. The van der Waals surface area contributed by atoms with Crippen LogP contribution in [0.5, 0.6) is 11.6 Å². The lowest BCUT2D eigenvalue weighted by Crippen LogP contribution is -2.05. The Morgan fingerprint density at radius 2 is 2.00 bits per heavy atom. The molecule has 1 heterocycles. The van der Waals surface area contributed by atoms with Gasteiger partial charge in [0.25, 0.3) is 0 Å². The van der Waals surface area contributed by atoms with E-state index in [4.69, 9.17) is 4.74 Å². The molecule has 0 aliphatic carbocycles. The summed E-state index contributed by atoms with van der Waals surface area (Å²) >= 11 is 0. The number of nitrogens with one attached hydrogen (secondary N) is 1. The average Bonchev–Trinajstić information content (AvgIpc) is 2.41. The molecule has 0 aliphatic heterocycles. The van der Waals surface area contributed by atoms with Crippen LogP contribution in [0, 0.1) is 6.92 Å². The number of aryl methyl sites for hydroxylation is 1. The first-order valence-electron chi connectivity index (χ1n) is 6.98. The summed E-state index contributed by atoms with van der Waals surface area (Å²) in [5.74, 6) is 1.96. The Morgan fingerprint density at radius 1 is 1.20 bits per heavy atom. The van der Waals surface area contributed by atoms with Gasteiger partial charge < -0.3 is 10.1 Å². The van der Waals surface area contributed by atoms with Crippen LogP contribution in [0.3, 0.4) is 0 Å². The van der Waals surface area contributed by atoms with Crippen LogP contribution >= 0.6 is 0 Å². The molecule has 1 aromatic heterocycles. The second-order valence-corrected chi connectivity index (χ2v) is 5.33. The molecule has 1 aromatic carbocycles. The lowest BCUT2D eigenvalue weighted by Gasteiger charge is -2.14. The smallest absolute Gasteiger partial charge is 0.219 e. The monoisotopic (exact) mass is 270 g/mol. The largest absolute Gasteiger partial charge is 0.439 e. The van der Waals surface area contributed by atoms with Gasteiger partial charge >= 0.3 is 0 Å². The first-order valence-corrected chi connectivity index (χ1v) is 6.98. The van der Waals surface area contributed by atoms with Gasteiger partial charge in [-0.15, -0.1) is 0 Å². The van der Waals surface area contributed by atoms with Crippen molar-refractivity contribution in [3.05, 3.63) is 53.2 Å². The zero-order valence-electron chi connectivity index (χ0n) is 12.6. The predicted molar refractivity (Wildman–Crippen MR) is 82.3 cm³/mol. The third kappa shape index (κ3) is 3.58. The van der Waals surface area contributed by atoms with Crippen molar-refractivity contribution < 1.29 is 4.74 Å². The molecule has 0 fully saturated rings. The molecule has 0 bridgehead atoms. The maximum Gasteiger partial charge on any atom is 0.219 e. The first-order chi connectivity index (χ1) is 9.60. The fourth-order valence-electron chi connectivity index (χ4n) is 2.10. The van der Waals surface area contributed by atoms with Crippen LogP contribution in [0.1, 0.15) is 36.5 Å². The third-order valence-corrected chi connectivity index (χ3v) is 3.18. The van der Waals surface area contributed by atoms with Gasteiger partial charge in [-0.2, -0.15) is 0 Å². The molecule has 2 aromatic rings. The Morgan fingerprint density at radius 3 is 2.60 bits per heavy atom. The van der Waals surface area contributed by atoms with E-state index in [2.05, 4.69) is 49.3 Å². The molecule has 3 nitrogen and oxygen atoms in total. The lowest BCUT2D eigenvalue weighted by atomic mass is 10.0. The average molecular weight is 270 g/mol. The van der Waals surface area contributed by atoms with Gasteiger partial charge in [0.05, 0.1) is 0 Å². The molecule has 20 heavy (non-hydrogen) atoms. The highest BCUT2D eigenvalue weighted by molar-refractivity contribution is 5.41. The van der Waals surface area contributed by atoms with Crippen molar-refractivity contribution >= 4 is 0 Å². The van der Waals surface area contributed by atoms with Crippen molar-refractivity contribution in [1.29, 1.82) is 0 Å². The van der Waals surface area contributed by atoms with E-state index < -0.39 is 0 Å². The molecule has 0 amide bonds. The molecule has 106 valence electrons. The maximum absolute atomic E-state index is 5.95. The zero-order chi connectivity index (χ0) is 14.5. The van der Waals surface area contributed by atoms with Crippen LogP contribution in [0.25, 0.3) is 0 Å². The van der Waals surface area contributed by atoms with Gasteiger partial charge in [0, 0.05) is 18.8 Å². The maximum atomic E-state index is 5.95. The van der Waals surface area contributed by atoms with Gasteiger partial charge in [0.15, 0.2) is 0 Å². The Labute approximate surface area is 121 Å². The zero-order valence-corrected chi connectivity index (χ0v) is 12.6. The van der Waals surface area contributed by atoms with Crippen molar-refractivity contribution in [2.45, 2.75) is 33.2 Å². The van der Waals surface area contributed by atoms with E-state index in [1.807, 2.05) is 25.4 Å². The highest BCUT2D eigenvalue weighted by atomic mass is 16.5. The molecule has 3 heteroatoms. The number of hydrogen-bond acceptors (Lipinski definition) is 3. The molecular formula is C17H22N2O. The fraction of sp³-hybridized carbons (Fsp3) is 0.353. The molecule has 0 radical (unpaired) electrons. The van der Waals surface area contributed by atoms with Gasteiger partial charge in [0.1, 0.15) is 5.75 Å². The van der Waals surface area contributed by atoms with Crippen molar-refractivity contribution in [3.63, 3.8) is 0 Å². The molecule has 2 rings (SSSR count). The predicted octanol–water partition coefficient (Wildman–Crippen LogP) is 4.03. The van der Waals surface area contributed by atoms with Crippen LogP contribution in [-0.2, 0) is 6.54 Å². The van der Waals surface area contributed by atoms with E-state index in [0.717, 1.165) is 17.9 Å². The topological polar surface area (TPSA) is 34.1 Å². The molecular weight excluding hydrogens is 248 g/mol. The third-order valence-electron chi connectivity index (χ3n) is 3.18. The van der Waals surface area contributed by atoms with E-state index in [0.29, 0.717) is 11.8 Å². The second kappa shape index (κ2) is 6.53.